The molecule has 110 valence electrons. The van der Waals surface area contributed by atoms with Crippen LogP contribution < -0.4 is 0 Å². The summed E-state index contributed by atoms with van der Waals surface area (Å²) in [6.45, 7) is 8.21. The summed E-state index contributed by atoms with van der Waals surface area (Å²) in [6, 6.07) is 21.8. The van der Waals surface area contributed by atoms with E-state index in [0.717, 1.165) is 19.5 Å². The minimum atomic E-state index is 0.426. The Kier molecular flexibility index (Phi) is 6.23. The Morgan fingerprint density at radius 1 is 0.905 bits per heavy atom. The molecule has 0 saturated carbocycles. The molecule has 0 bridgehead atoms. The third-order valence-electron chi connectivity index (χ3n) is 3.78. The highest BCUT2D eigenvalue weighted by Gasteiger charge is 2.15. The lowest BCUT2D eigenvalue weighted by molar-refractivity contribution is 0.201. The molecule has 0 saturated heterocycles. The zero-order chi connectivity index (χ0) is 14.9. The lowest BCUT2D eigenvalue weighted by Crippen LogP contribution is -2.32. The Balaban J connectivity index is 2.15. The van der Waals surface area contributed by atoms with Gasteiger partial charge in [-0.1, -0.05) is 80.1 Å². The molecule has 21 heavy (non-hydrogen) atoms. The molecule has 0 heterocycles. The molecule has 1 heteroatoms. The summed E-state index contributed by atoms with van der Waals surface area (Å²) in [6.07, 6.45) is 4.43. The van der Waals surface area contributed by atoms with Crippen LogP contribution in [-0.4, -0.2) is 10.9 Å². The van der Waals surface area contributed by atoms with Crippen LogP contribution >= 0.6 is 0 Å². The second kappa shape index (κ2) is 8.43. The number of benzene rings is 2. The molecule has 1 nitrogen and oxygen atoms in total. The molecule has 0 N–H and O–H groups in total. The second-order valence-electron chi connectivity index (χ2n) is 5.47. The standard InChI is InChI=1S/C20H25N/c1-3-11-20(4-2)21(16-18-12-7-5-8-13-18)17-19-14-9-6-10-15-19/h4-10,12-15,20H,2-3,11,16-17H2,1H3/t20-/m0/s1. The largest absolute Gasteiger partial charge is 0.288 e. The topological polar surface area (TPSA) is 3.24 Å². The Morgan fingerprint density at radius 3 is 1.76 bits per heavy atom. The van der Waals surface area contributed by atoms with Gasteiger partial charge in [-0.2, -0.15) is 0 Å². The Labute approximate surface area is 128 Å². The van der Waals surface area contributed by atoms with E-state index in [2.05, 4.69) is 85.1 Å². The monoisotopic (exact) mass is 279 g/mol. The van der Waals surface area contributed by atoms with E-state index in [9.17, 15) is 0 Å². The van der Waals surface area contributed by atoms with Crippen LogP contribution in [-0.2, 0) is 13.1 Å². The summed E-state index contributed by atoms with van der Waals surface area (Å²) in [5.41, 5.74) is 2.72. The highest BCUT2D eigenvalue weighted by molar-refractivity contribution is 5.17. The lowest BCUT2D eigenvalue weighted by Gasteiger charge is -2.29. The van der Waals surface area contributed by atoms with Crippen LogP contribution in [0.5, 0.6) is 0 Å². The molecular weight excluding hydrogens is 254 g/mol. The Morgan fingerprint density at radius 2 is 1.38 bits per heavy atom. The molecule has 1 atom stereocenters. The summed E-state index contributed by atoms with van der Waals surface area (Å²) in [5.74, 6) is 0. The number of hydrogen-bond donors (Lipinski definition) is 0. The van der Waals surface area contributed by atoms with E-state index in [1.807, 2.05) is 0 Å². The van der Waals surface area contributed by atoms with E-state index in [0.29, 0.717) is 6.04 Å². The number of rotatable bonds is 8. The van der Waals surface area contributed by atoms with Gasteiger partial charge in [0.05, 0.1) is 0 Å². The van der Waals surface area contributed by atoms with Gasteiger partial charge in [-0.25, -0.2) is 0 Å². The molecule has 0 fully saturated rings. The molecule has 0 aliphatic heterocycles. The zero-order valence-corrected chi connectivity index (χ0v) is 12.9. The van der Waals surface area contributed by atoms with E-state index >= 15 is 0 Å². The van der Waals surface area contributed by atoms with Crippen LogP contribution in [0.15, 0.2) is 73.3 Å². The molecule has 0 radical (unpaired) electrons. The summed E-state index contributed by atoms with van der Waals surface area (Å²) in [4.78, 5) is 2.52. The molecule has 0 aliphatic rings. The molecule has 0 aromatic heterocycles. The van der Waals surface area contributed by atoms with E-state index in [1.165, 1.54) is 17.5 Å². The molecular formula is C20H25N. The maximum absolute atomic E-state index is 4.04. The van der Waals surface area contributed by atoms with Crippen molar-refractivity contribution in [2.45, 2.75) is 38.9 Å². The maximum Gasteiger partial charge on any atom is 0.0282 e. The van der Waals surface area contributed by atoms with Crippen molar-refractivity contribution in [3.05, 3.63) is 84.4 Å². The molecule has 0 unspecified atom stereocenters. The molecule has 2 aromatic carbocycles. The van der Waals surface area contributed by atoms with Crippen LogP contribution in [0.2, 0.25) is 0 Å². The van der Waals surface area contributed by atoms with Crippen LogP contribution in [0.4, 0.5) is 0 Å². The van der Waals surface area contributed by atoms with Gasteiger partial charge in [0.1, 0.15) is 0 Å². The number of nitrogens with zero attached hydrogens (tertiary/aromatic N) is 1. The predicted octanol–water partition coefficient (Wildman–Crippen LogP) is 5.04. The third kappa shape index (κ3) is 4.87. The van der Waals surface area contributed by atoms with Crippen LogP contribution in [0.3, 0.4) is 0 Å². The smallest absolute Gasteiger partial charge is 0.0282 e. The van der Waals surface area contributed by atoms with Gasteiger partial charge in [0.15, 0.2) is 0 Å². The fourth-order valence-electron chi connectivity index (χ4n) is 2.67. The molecule has 0 spiro atoms. The van der Waals surface area contributed by atoms with Gasteiger partial charge in [-0.15, -0.1) is 6.58 Å². The van der Waals surface area contributed by atoms with Gasteiger partial charge in [0.2, 0.25) is 0 Å². The fourth-order valence-corrected chi connectivity index (χ4v) is 2.67. The van der Waals surface area contributed by atoms with Crippen molar-refractivity contribution in [2.24, 2.45) is 0 Å². The first-order valence-corrected chi connectivity index (χ1v) is 7.78. The summed E-state index contributed by atoms with van der Waals surface area (Å²) < 4.78 is 0. The van der Waals surface area contributed by atoms with Gasteiger partial charge < -0.3 is 0 Å². The zero-order valence-electron chi connectivity index (χ0n) is 12.9. The Hall–Kier alpha value is -1.86. The first-order chi connectivity index (χ1) is 10.3. The van der Waals surface area contributed by atoms with Gasteiger partial charge in [0, 0.05) is 19.1 Å². The van der Waals surface area contributed by atoms with E-state index in [1.54, 1.807) is 0 Å². The van der Waals surface area contributed by atoms with Gasteiger partial charge in [-0.3, -0.25) is 4.90 Å². The summed E-state index contributed by atoms with van der Waals surface area (Å²) >= 11 is 0. The van der Waals surface area contributed by atoms with Crippen LogP contribution in [0.25, 0.3) is 0 Å². The molecule has 0 aliphatic carbocycles. The van der Waals surface area contributed by atoms with Crippen molar-refractivity contribution in [1.29, 1.82) is 0 Å². The van der Waals surface area contributed by atoms with Crippen LogP contribution in [0.1, 0.15) is 30.9 Å². The summed E-state index contributed by atoms with van der Waals surface area (Å²) in [5, 5.41) is 0. The summed E-state index contributed by atoms with van der Waals surface area (Å²) in [7, 11) is 0. The van der Waals surface area contributed by atoms with Crippen molar-refractivity contribution < 1.29 is 0 Å². The highest BCUT2D eigenvalue weighted by Crippen LogP contribution is 2.17. The van der Waals surface area contributed by atoms with Crippen molar-refractivity contribution >= 4 is 0 Å². The number of hydrogen-bond acceptors (Lipinski definition) is 1. The Bertz CT molecular complexity index is 477. The van der Waals surface area contributed by atoms with Gasteiger partial charge >= 0.3 is 0 Å². The van der Waals surface area contributed by atoms with E-state index in [4.69, 9.17) is 0 Å². The molecule has 2 aromatic rings. The molecule has 0 amide bonds. The van der Waals surface area contributed by atoms with E-state index in [-0.39, 0.29) is 0 Å². The normalized spacial score (nSPS) is 12.3. The highest BCUT2D eigenvalue weighted by atomic mass is 15.1. The van der Waals surface area contributed by atoms with Crippen molar-refractivity contribution in [3.63, 3.8) is 0 Å². The SMILES string of the molecule is C=C[C@@H](CCC)N(Cc1ccccc1)Cc1ccccc1. The minimum Gasteiger partial charge on any atom is -0.288 e. The first kappa shape index (κ1) is 15.5. The second-order valence-corrected chi connectivity index (χ2v) is 5.47. The third-order valence-corrected chi connectivity index (χ3v) is 3.78. The average Bonchev–Trinajstić information content (AvgIpc) is 2.54. The maximum atomic E-state index is 4.04. The predicted molar refractivity (Wildman–Crippen MR) is 91.0 cm³/mol. The average molecular weight is 279 g/mol. The van der Waals surface area contributed by atoms with Crippen molar-refractivity contribution in [3.8, 4) is 0 Å². The van der Waals surface area contributed by atoms with Gasteiger partial charge in [-0.05, 0) is 17.5 Å². The van der Waals surface area contributed by atoms with Crippen molar-refractivity contribution in [2.75, 3.05) is 0 Å². The lowest BCUT2D eigenvalue weighted by atomic mass is 10.1. The fraction of sp³-hybridized carbons (Fsp3) is 0.300. The quantitative estimate of drug-likeness (QED) is 0.612. The van der Waals surface area contributed by atoms with Gasteiger partial charge in [0.25, 0.3) is 0 Å². The minimum absolute atomic E-state index is 0.426. The van der Waals surface area contributed by atoms with Crippen LogP contribution in [0, 0.1) is 0 Å². The first-order valence-electron chi connectivity index (χ1n) is 7.78. The van der Waals surface area contributed by atoms with E-state index < -0.39 is 0 Å². The molecule has 2 rings (SSSR count). The van der Waals surface area contributed by atoms with Crippen molar-refractivity contribution in [1.82, 2.24) is 4.90 Å².